The number of benzene rings is 3. The molecular formula is C33H30F6N2. The molecule has 0 spiro atoms. The molecule has 4 N–H and O–H groups in total. The fourth-order valence-corrected chi connectivity index (χ4v) is 5.56. The molecule has 4 rings (SSSR count). The number of nitrogens with two attached hydrogens (primary N) is 2. The molecule has 2 nitrogen and oxygen atoms in total. The minimum atomic E-state index is -4.65. The van der Waals surface area contributed by atoms with Gasteiger partial charge in [0.1, 0.15) is 0 Å². The Morgan fingerprint density at radius 2 is 1.37 bits per heavy atom. The lowest BCUT2D eigenvalue weighted by molar-refractivity contribution is -0.139. The Balaban J connectivity index is 1.73. The predicted molar refractivity (Wildman–Crippen MR) is 153 cm³/mol. The van der Waals surface area contributed by atoms with Crippen LogP contribution in [0.15, 0.2) is 104 Å². The molecular weight excluding hydrogens is 538 g/mol. The van der Waals surface area contributed by atoms with Crippen LogP contribution in [0, 0.1) is 0 Å². The van der Waals surface area contributed by atoms with Gasteiger partial charge in [-0.15, -0.1) is 0 Å². The summed E-state index contributed by atoms with van der Waals surface area (Å²) in [7, 11) is 0. The smallest absolute Gasteiger partial charge is 0.399 e. The fraction of sp³-hybridized carbons (Fsp3) is 0.212. The Kier molecular flexibility index (Phi) is 8.24. The number of halogens is 6. The van der Waals surface area contributed by atoms with Gasteiger partial charge < -0.3 is 11.5 Å². The fourth-order valence-electron chi connectivity index (χ4n) is 5.56. The van der Waals surface area contributed by atoms with E-state index in [0.717, 1.165) is 23.3 Å². The molecule has 0 radical (unpaired) electrons. The quantitative estimate of drug-likeness (QED) is 0.123. The molecule has 8 heteroatoms. The first kappa shape index (κ1) is 29.8. The van der Waals surface area contributed by atoms with Crippen LogP contribution in [0.3, 0.4) is 0 Å². The summed E-state index contributed by atoms with van der Waals surface area (Å²) in [4.78, 5) is 0. The standard InChI is InChI=1S/C33H30F6N2/c1-3-8-26(27-13-11-24(40)18-29(27)32(34,35)36)21(2)17-22-9-4-5-10-23(22)20-31(15-6-7-16-31)28-14-12-25(41)19-30(28)33(37,38)39/h3-14,18-19H,1-2,15-17,20,40-41H2/b26-8+. The van der Waals surface area contributed by atoms with E-state index in [0.29, 0.717) is 18.4 Å². The van der Waals surface area contributed by atoms with Gasteiger partial charge in [0.2, 0.25) is 0 Å². The Bertz CT molecular complexity index is 1520. The normalized spacial score (nSPS) is 15.2. The van der Waals surface area contributed by atoms with E-state index in [1.54, 1.807) is 12.1 Å². The minimum absolute atomic E-state index is 0.0219. The molecule has 0 unspecified atom stereocenters. The predicted octanol–water partition coefficient (Wildman–Crippen LogP) is 9.09. The van der Waals surface area contributed by atoms with Crippen LogP contribution >= 0.6 is 0 Å². The first-order valence-corrected chi connectivity index (χ1v) is 12.9. The van der Waals surface area contributed by atoms with Gasteiger partial charge in [0.25, 0.3) is 0 Å². The second-order valence-electron chi connectivity index (χ2n) is 10.3. The molecule has 0 fully saturated rings. The molecule has 0 aromatic heterocycles. The van der Waals surface area contributed by atoms with E-state index in [2.05, 4.69) is 13.2 Å². The first-order chi connectivity index (χ1) is 19.2. The highest BCUT2D eigenvalue weighted by Gasteiger charge is 2.42. The van der Waals surface area contributed by atoms with Crippen molar-refractivity contribution in [3.63, 3.8) is 0 Å². The summed E-state index contributed by atoms with van der Waals surface area (Å²) in [6.07, 6.45) is -1.37. The van der Waals surface area contributed by atoms with Crippen molar-refractivity contribution in [2.75, 3.05) is 11.5 Å². The van der Waals surface area contributed by atoms with Crippen molar-refractivity contribution < 1.29 is 26.3 Å². The van der Waals surface area contributed by atoms with E-state index in [-0.39, 0.29) is 40.9 Å². The third kappa shape index (κ3) is 6.42. The van der Waals surface area contributed by atoms with Crippen molar-refractivity contribution in [3.05, 3.63) is 137 Å². The average Bonchev–Trinajstić information content (AvgIpc) is 3.37. The highest BCUT2D eigenvalue weighted by molar-refractivity contribution is 5.82. The Morgan fingerprint density at radius 1 is 0.805 bits per heavy atom. The monoisotopic (exact) mass is 568 g/mol. The van der Waals surface area contributed by atoms with Crippen molar-refractivity contribution in [3.8, 4) is 0 Å². The lowest BCUT2D eigenvalue weighted by atomic mass is 9.71. The maximum absolute atomic E-state index is 14.1. The van der Waals surface area contributed by atoms with Gasteiger partial charge in [-0.25, -0.2) is 0 Å². The molecule has 3 aromatic carbocycles. The maximum atomic E-state index is 14.1. The molecule has 1 aliphatic rings. The zero-order valence-electron chi connectivity index (χ0n) is 22.2. The molecule has 0 bridgehead atoms. The number of allylic oxidation sites excluding steroid dienone is 6. The van der Waals surface area contributed by atoms with Gasteiger partial charge in [-0.05, 0) is 83.3 Å². The lowest BCUT2D eigenvalue weighted by Gasteiger charge is -2.33. The summed E-state index contributed by atoms with van der Waals surface area (Å²) in [6, 6.07) is 14.7. The number of hydrogen-bond acceptors (Lipinski definition) is 2. The summed E-state index contributed by atoms with van der Waals surface area (Å²) in [5.41, 5.74) is 11.2. The van der Waals surface area contributed by atoms with E-state index in [1.807, 2.05) is 24.3 Å². The van der Waals surface area contributed by atoms with Crippen molar-refractivity contribution in [2.24, 2.45) is 0 Å². The van der Waals surface area contributed by atoms with Crippen molar-refractivity contribution in [2.45, 2.75) is 43.5 Å². The van der Waals surface area contributed by atoms with Gasteiger partial charge in [-0.3, -0.25) is 0 Å². The van der Waals surface area contributed by atoms with E-state index < -0.39 is 28.9 Å². The molecule has 0 amide bonds. The van der Waals surface area contributed by atoms with Crippen molar-refractivity contribution >= 4 is 16.9 Å². The zero-order chi connectivity index (χ0) is 30.0. The third-order valence-electron chi connectivity index (χ3n) is 7.46. The Hall–Kier alpha value is -4.20. The maximum Gasteiger partial charge on any atom is 0.417 e. The van der Waals surface area contributed by atoms with Gasteiger partial charge in [0.15, 0.2) is 0 Å². The van der Waals surface area contributed by atoms with Crippen LogP contribution in [0.4, 0.5) is 37.7 Å². The van der Waals surface area contributed by atoms with E-state index in [4.69, 9.17) is 11.5 Å². The van der Waals surface area contributed by atoms with Crippen molar-refractivity contribution in [1.29, 1.82) is 0 Å². The van der Waals surface area contributed by atoms with Crippen LogP contribution in [0.5, 0.6) is 0 Å². The van der Waals surface area contributed by atoms with Crippen LogP contribution in [-0.4, -0.2) is 0 Å². The molecule has 0 heterocycles. The van der Waals surface area contributed by atoms with Gasteiger partial charge in [0, 0.05) is 16.8 Å². The SMILES string of the molecule is C=C/C=C(\C(=C)Cc1ccccc1CC1(c2ccc(N)cc2C(F)(F)F)CC=CC1)c1ccc(N)cc1C(F)(F)F. The zero-order valence-corrected chi connectivity index (χ0v) is 22.2. The summed E-state index contributed by atoms with van der Waals surface area (Å²) < 4.78 is 84.1. The average molecular weight is 569 g/mol. The molecule has 3 aromatic rings. The molecule has 0 atom stereocenters. The summed E-state index contributed by atoms with van der Waals surface area (Å²) in [5.74, 6) is 0. The molecule has 0 saturated carbocycles. The van der Waals surface area contributed by atoms with Crippen LogP contribution in [-0.2, 0) is 30.6 Å². The summed E-state index contributed by atoms with van der Waals surface area (Å²) >= 11 is 0. The van der Waals surface area contributed by atoms with Gasteiger partial charge >= 0.3 is 12.4 Å². The van der Waals surface area contributed by atoms with E-state index in [9.17, 15) is 26.3 Å². The number of hydrogen-bond donors (Lipinski definition) is 2. The largest absolute Gasteiger partial charge is 0.417 e. The Morgan fingerprint density at radius 3 is 1.95 bits per heavy atom. The number of nitrogen functional groups attached to an aromatic ring is 2. The lowest BCUT2D eigenvalue weighted by Crippen LogP contribution is -2.30. The van der Waals surface area contributed by atoms with Gasteiger partial charge in [0.05, 0.1) is 11.1 Å². The molecule has 0 aliphatic heterocycles. The van der Waals surface area contributed by atoms with Crippen LogP contribution in [0.2, 0.25) is 0 Å². The molecule has 214 valence electrons. The highest BCUT2D eigenvalue weighted by atomic mass is 19.4. The number of rotatable bonds is 8. The van der Waals surface area contributed by atoms with Crippen LogP contribution < -0.4 is 11.5 Å². The van der Waals surface area contributed by atoms with Gasteiger partial charge in [-0.1, -0.05) is 73.9 Å². The van der Waals surface area contributed by atoms with E-state index in [1.165, 1.54) is 36.4 Å². The molecule has 0 saturated heterocycles. The second-order valence-corrected chi connectivity index (χ2v) is 10.3. The first-order valence-electron chi connectivity index (χ1n) is 12.9. The number of anilines is 2. The van der Waals surface area contributed by atoms with Crippen molar-refractivity contribution in [1.82, 2.24) is 0 Å². The minimum Gasteiger partial charge on any atom is -0.399 e. The summed E-state index contributed by atoms with van der Waals surface area (Å²) in [6.45, 7) is 7.76. The van der Waals surface area contributed by atoms with Crippen LogP contribution in [0.1, 0.15) is 46.2 Å². The molecule has 1 aliphatic carbocycles. The van der Waals surface area contributed by atoms with Crippen LogP contribution in [0.25, 0.3) is 5.57 Å². The second kappa shape index (κ2) is 11.4. The summed E-state index contributed by atoms with van der Waals surface area (Å²) in [5, 5.41) is 0. The topological polar surface area (TPSA) is 52.0 Å². The number of alkyl halides is 6. The molecule has 41 heavy (non-hydrogen) atoms. The Labute approximate surface area is 235 Å². The van der Waals surface area contributed by atoms with E-state index >= 15 is 0 Å². The third-order valence-corrected chi connectivity index (χ3v) is 7.46. The van der Waals surface area contributed by atoms with Gasteiger partial charge in [-0.2, -0.15) is 26.3 Å². The highest BCUT2D eigenvalue weighted by Crippen LogP contribution is 2.47.